The summed E-state index contributed by atoms with van der Waals surface area (Å²) in [5.74, 6) is -1.40. The normalized spacial score (nSPS) is 17.4. The second-order valence-corrected chi connectivity index (χ2v) is 7.33. The number of phenols is 1. The van der Waals surface area contributed by atoms with Crippen molar-refractivity contribution in [3.63, 3.8) is 0 Å². The highest BCUT2D eigenvalue weighted by Crippen LogP contribution is 2.31. The van der Waals surface area contributed by atoms with Crippen molar-refractivity contribution in [3.8, 4) is 5.75 Å². The molecule has 1 aliphatic rings. The first-order chi connectivity index (χ1) is 13.6. The molecule has 1 saturated heterocycles. The highest BCUT2D eigenvalue weighted by atomic mass is 19.1. The first-order valence-corrected chi connectivity index (χ1v) is 9.01. The quantitative estimate of drug-likeness (QED) is 0.280. The van der Waals surface area contributed by atoms with Gasteiger partial charge in [-0.3, -0.25) is 10.2 Å². The molecule has 1 aliphatic heterocycles. The molecule has 29 heavy (non-hydrogen) atoms. The van der Waals surface area contributed by atoms with E-state index in [1.54, 1.807) is 11.8 Å². The number of aromatic hydroxyl groups is 1. The minimum atomic E-state index is -0.816. The summed E-state index contributed by atoms with van der Waals surface area (Å²) in [5.41, 5.74) is 12.1. The van der Waals surface area contributed by atoms with Crippen molar-refractivity contribution >= 4 is 17.6 Å². The van der Waals surface area contributed by atoms with Crippen LogP contribution in [0.5, 0.6) is 5.75 Å². The summed E-state index contributed by atoms with van der Waals surface area (Å²) >= 11 is 0. The van der Waals surface area contributed by atoms with E-state index in [4.69, 9.17) is 21.6 Å². The Balaban J connectivity index is 1.99. The largest absolute Gasteiger partial charge is 0.505 e. The standard InChI is InChI=1S/C20H26FN5O3/c1-4-17(28)26-9-20(3,10-26)11-29-12(2)14(8-22)19(24)25-18(23)13-5-6-16(27)15(21)7-13/h4-8,12,27H,1,9-11,22H2,2-3H3,(H3,23,24,25)/p+1. The van der Waals surface area contributed by atoms with Crippen LogP contribution in [0.3, 0.4) is 0 Å². The fourth-order valence-corrected chi connectivity index (χ4v) is 3.02. The second-order valence-electron chi connectivity index (χ2n) is 7.33. The van der Waals surface area contributed by atoms with Crippen molar-refractivity contribution in [2.24, 2.45) is 21.9 Å². The summed E-state index contributed by atoms with van der Waals surface area (Å²) in [6, 6.07) is 3.65. The lowest BCUT2D eigenvalue weighted by atomic mass is 9.82. The summed E-state index contributed by atoms with van der Waals surface area (Å²) < 4.78 is 19.4. The SMILES string of the molecule is C=CC(=O)N1CC(C)(COC(C)C(=CN)C(=[NH2+])N=C(N)c2ccc(O)c(F)c2)C1. The van der Waals surface area contributed by atoms with Crippen LogP contribution in [-0.4, -0.2) is 53.4 Å². The molecule has 0 saturated carbocycles. The number of amidine groups is 2. The zero-order valence-corrected chi connectivity index (χ0v) is 16.6. The van der Waals surface area contributed by atoms with Crippen LogP contribution in [-0.2, 0) is 9.53 Å². The Kier molecular flexibility index (Phi) is 6.76. The van der Waals surface area contributed by atoms with Gasteiger partial charge in [-0.05, 0) is 36.2 Å². The number of aliphatic imine (C=N–C) groups is 1. The first-order valence-electron chi connectivity index (χ1n) is 9.01. The Morgan fingerprint density at radius 2 is 2.21 bits per heavy atom. The number of phenolic OH excluding ortho intramolecular Hbond substituents is 1. The maximum atomic E-state index is 13.5. The van der Waals surface area contributed by atoms with Crippen LogP contribution in [0.1, 0.15) is 19.4 Å². The van der Waals surface area contributed by atoms with Crippen molar-refractivity contribution in [2.75, 3.05) is 19.7 Å². The Labute approximate surface area is 168 Å². The number of amides is 1. The van der Waals surface area contributed by atoms with Crippen molar-refractivity contribution in [2.45, 2.75) is 20.0 Å². The molecule has 7 N–H and O–H groups in total. The molecule has 1 aromatic rings. The number of rotatable bonds is 7. The lowest BCUT2D eigenvalue weighted by Crippen LogP contribution is -2.59. The number of hydrogen-bond donors (Lipinski definition) is 4. The molecule has 8 nitrogen and oxygen atoms in total. The molecular weight excluding hydrogens is 377 g/mol. The van der Waals surface area contributed by atoms with Gasteiger partial charge in [-0.15, -0.1) is 0 Å². The number of carbonyl (C=O) groups is 1. The Morgan fingerprint density at radius 1 is 1.55 bits per heavy atom. The summed E-state index contributed by atoms with van der Waals surface area (Å²) in [4.78, 5) is 17.3. The number of ether oxygens (including phenoxy) is 1. The third kappa shape index (κ3) is 5.20. The number of likely N-dealkylation sites (tertiary alicyclic amines) is 1. The van der Waals surface area contributed by atoms with Crippen LogP contribution in [0.25, 0.3) is 0 Å². The van der Waals surface area contributed by atoms with Gasteiger partial charge in [0.25, 0.3) is 0 Å². The summed E-state index contributed by atoms with van der Waals surface area (Å²) in [7, 11) is 0. The number of hydrogen-bond acceptors (Lipinski definition) is 4. The molecule has 1 heterocycles. The number of nitrogens with zero attached hydrogens (tertiary/aromatic N) is 2. The van der Waals surface area contributed by atoms with Gasteiger partial charge in [0, 0.05) is 30.3 Å². The van der Waals surface area contributed by atoms with Crippen LogP contribution in [0.15, 0.2) is 47.6 Å². The van der Waals surface area contributed by atoms with E-state index in [9.17, 15) is 14.3 Å². The number of halogens is 1. The second kappa shape index (κ2) is 8.87. The molecule has 0 aliphatic carbocycles. The van der Waals surface area contributed by atoms with Crippen LogP contribution in [0.4, 0.5) is 4.39 Å². The summed E-state index contributed by atoms with van der Waals surface area (Å²) in [5, 5.41) is 15.3. The topological polar surface area (TPSA) is 140 Å². The highest BCUT2D eigenvalue weighted by molar-refractivity contribution is 6.08. The van der Waals surface area contributed by atoms with Gasteiger partial charge in [-0.25, -0.2) is 4.39 Å². The van der Waals surface area contributed by atoms with E-state index in [1.807, 2.05) is 6.92 Å². The number of nitrogens with two attached hydrogens (primary N) is 3. The van der Waals surface area contributed by atoms with Crippen molar-refractivity contribution in [1.82, 2.24) is 4.90 Å². The Hall–Kier alpha value is -3.20. The molecule has 0 bridgehead atoms. The van der Waals surface area contributed by atoms with Gasteiger partial charge in [0.05, 0.1) is 18.3 Å². The van der Waals surface area contributed by atoms with E-state index in [0.29, 0.717) is 25.3 Å². The molecule has 0 aromatic heterocycles. The Morgan fingerprint density at radius 3 is 2.76 bits per heavy atom. The van der Waals surface area contributed by atoms with E-state index in [2.05, 4.69) is 11.6 Å². The molecule has 0 spiro atoms. The molecule has 9 heteroatoms. The van der Waals surface area contributed by atoms with Crippen molar-refractivity contribution in [3.05, 3.63) is 54.0 Å². The molecule has 1 unspecified atom stereocenters. The van der Waals surface area contributed by atoms with Crippen LogP contribution < -0.4 is 16.9 Å². The zero-order valence-electron chi connectivity index (χ0n) is 16.6. The molecule has 0 radical (unpaired) electrons. The average Bonchev–Trinajstić information content (AvgIpc) is 2.66. The molecular formula is C20H27FN5O3+. The third-order valence-corrected chi connectivity index (χ3v) is 4.71. The minimum absolute atomic E-state index is 0.0301. The fourth-order valence-electron chi connectivity index (χ4n) is 3.02. The predicted octanol–water partition coefficient (Wildman–Crippen LogP) is -0.324. The predicted molar refractivity (Wildman–Crippen MR) is 108 cm³/mol. The Bertz CT molecular complexity index is 875. The lowest BCUT2D eigenvalue weighted by Gasteiger charge is -2.47. The summed E-state index contributed by atoms with van der Waals surface area (Å²) in [6.07, 6.45) is 2.09. The van der Waals surface area contributed by atoms with Crippen molar-refractivity contribution < 1.29 is 24.4 Å². The van der Waals surface area contributed by atoms with E-state index in [0.717, 1.165) is 6.07 Å². The van der Waals surface area contributed by atoms with Gasteiger partial charge >= 0.3 is 5.84 Å². The molecule has 1 aromatic carbocycles. The maximum Gasteiger partial charge on any atom is 0.324 e. The third-order valence-electron chi connectivity index (χ3n) is 4.71. The first kappa shape index (κ1) is 22.1. The molecule has 2 rings (SSSR count). The molecule has 156 valence electrons. The minimum Gasteiger partial charge on any atom is -0.505 e. The van der Waals surface area contributed by atoms with Gasteiger partial charge < -0.3 is 26.2 Å². The average molecular weight is 404 g/mol. The van der Waals surface area contributed by atoms with Crippen LogP contribution in [0.2, 0.25) is 0 Å². The fraction of sp³-hybridized carbons (Fsp3) is 0.350. The molecule has 1 atom stereocenters. The van der Waals surface area contributed by atoms with E-state index in [-0.39, 0.29) is 28.6 Å². The van der Waals surface area contributed by atoms with Gasteiger partial charge in [0.1, 0.15) is 0 Å². The zero-order chi connectivity index (χ0) is 21.8. The molecule has 1 amide bonds. The van der Waals surface area contributed by atoms with Crippen molar-refractivity contribution in [1.29, 1.82) is 0 Å². The van der Waals surface area contributed by atoms with Crippen LogP contribution >= 0.6 is 0 Å². The highest BCUT2D eigenvalue weighted by Gasteiger charge is 2.41. The number of benzene rings is 1. The smallest absolute Gasteiger partial charge is 0.324 e. The monoisotopic (exact) mass is 404 g/mol. The van der Waals surface area contributed by atoms with Gasteiger partial charge in [0.2, 0.25) is 11.7 Å². The van der Waals surface area contributed by atoms with E-state index in [1.165, 1.54) is 24.4 Å². The summed E-state index contributed by atoms with van der Waals surface area (Å²) in [6.45, 7) is 8.80. The van der Waals surface area contributed by atoms with E-state index >= 15 is 0 Å². The number of carbonyl (C=O) groups excluding carboxylic acids is 1. The van der Waals surface area contributed by atoms with Gasteiger partial charge in [0.15, 0.2) is 11.6 Å². The maximum absolute atomic E-state index is 13.5. The van der Waals surface area contributed by atoms with E-state index < -0.39 is 17.7 Å². The van der Waals surface area contributed by atoms with Gasteiger partial charge in [-0.2, -0.15) is 0 Å². The van der Waals surface area contributed by atoms with Gasteiger partial charge in [-0.1, -0.05) is 13.5 Å². The van der Waals surface area contributed by atoms with Crippen LogP contribution in [0, 0.1) is 11.2 Å². The molecule has 1 fully saturated rings. The lowest BCUT2D eigenvalue weighted by molar-refractivity contribution is -0.142.